The molecule has 0 saturated heterocycles. The highest BCUT2D eigenvalue weighted by Gasteiger charge is 2.36. The molecule has 0 fully saturated rings. The lowest BCUT2D eigenvalue weighted by molar-refractivity contribution is 0.0938. The van der Waals surface area contributed by atoms with Crippen LogP contribution in [0.4, 0.5) is 0 Å². The topological polar surface area (TPSA) is 77.8 Å². The fourth-order valence-corrected chi connectivity index (χ4v) is 3.24. The summed E-state index contributed by atoms with van der Waals surface area (Å²) in [5.74, 6) is 0.804. The number of rotatable bonds is 4. The average Bonchev–Trinajstić information content (AvgIpc) is 2.99. The molecule has 0 aliphatic carbocycles. The Hall–Kier alpha value is -3.28. The molecule has 132 valence electrons. The van der Waals surface area contributed by atoms with Crippen molar-refractivity contribution in [1.82, 2.24) is 5.32 Å². The second-order valence-electron chi connectivity index (χ2n) is 5.92. The van der Waals surface area contributed by atoms with Crippen molar-refractivity contribution in [2.45, 2.75) is 13.0 Å². The molecule has 2 aromatic carbocycles. The molecular formula is C20H17NO5. The summed E-state index contributed by atoms with van der Waals surface area (Å²) in [5.41, 5.74) is 1.23. The molecule has 1 aromatic heterocycles. The Morgan fingerprint density at radius 2 is 1.92 bits per heavy atom. The van der Waals surface area contributed by atoms with Gasteiger partial charge in [-0.2, -0.15) is 0 Å². The molecule has 6 nitrogen and oxygen atoms in total. The number of benzene rings is 2. The average molecular weight is 351 g/mol. The van der Waals surface area contributed by atoms with Crippen molar-refractivity contribution < 1.29 is 18.7 Å². The fourth-order valence-electron chi connectivity index (χ4n) is 3.24. The molecule has 1 N–H and O–H groups in total. The maximum Gasteiger partial charge on any atom is 0.288 e. The third-order valence-corrected chi connectivity index (χ3v) is 4.42. The molecule has 0 saturated carbocycles. The Labute approximate surface area is 149 Å². The summed E-state index contributed by atoms with van der Waals surface area (Å²) >= 11 is 0. The lowest BCUT2D eigenvalue weighted by atomic mass is 9.99. The van der Waals surface area contributed by atoms with Crippen LogP contribution >= 0.6 is 0 Å². The van der Waals surface area contributed by atoms with Gasteiger partial charge in [-0.05, 0) is 36.8 Å². The van der Waals surface area contributed by atoms with Gasteiger partial charge in [0.15, 0.2) is 16.9 Å². The summed E-state index contributed by atoms with van der Waals surface area (Å²) in [5, 5.41) is 3.27. The quantitative estimate of drug-likeness (QED) is 0.782. The van der Waals surface area contributed by atoms with Gasteiger partial charge < -0.3 is 19.2 Å². The number of carbonyl (C=O) groups excluding carboxylic acids is 1. The van der Waals surface area contributed by atoms with Crippen molar-refractivity contribution in [2.24, 2.45) is 0 Å². The first-order valence-corrected chi connectivity index (χ1v) is 8.31. The molecule has 1 unspecified atom stereocenters. The van der Waals surface area contributed by atoms with Crippen molar-refractivity contribution in [1.29, 1.82) is 0 Å². The second kappa shape index (κ2) is 6.22. The van der Waals surface area contributed by atoms with E-state index >= 15 is 0 Å². The molecule has 4 rings (SSSR count). The summed E-state index contributed by atoms with van der Waals surface area (Å²) in [6.45, 7) is 2.39. The van der Waals surface area contributed by atoms with Crippen LogP contribution in [0.3, 0.4) is 0 Å². The van der Waals surface area contributed by atoms with Gasteiger partial charge in [-0.1, -0.05) is 18.2 Å². The number of ether oxygens (including phenoxy) is 2. The number of methoxy groups -OCH3 is 1. The predicted molar refractivity (Wildman–Crippen MR) is 96.0 cm³/mol. The van der Waals surface area contributed by atoms with Crippen LogP contribution in [0.25, 0.3) is 11.0 Å². The summed E-state index contributed by atoms with van der Waals surface area (Å²) in [6, 6.07) is 11.6. The van der Waals surface area contributed by atoms with Gasteiger partial charge in [0.2, 0.25) is 5.76 Å². The Kier molecular flexibility index (Phi) is 3.88. The lowest BCUT2D eigenvalue weighted by Crippen LogP contribution is -2.22. The van der Waals surface area contributed by atoms with Crippen LogP contribution in [0.15, 0.2) is 51.7 Å². The molecule has 0 bridgehead atoms. The van der Waals surface area contributed by atoms with Crippen molar-refractivity contribution in [3.8, 4) is 11.5 Å². The summed E-state index contributed by atoms with van der Waals surface area (Å²) in [6.07, 6.45) is 0. The molecule has 0 spiro atoms. The van der Waals surface area contributed by atoms with E-state index < -0.39 is 11.9 Å². The summed E-state index contributed by atoms with van der Waals surface area (Å²) in [4.78, 5) is 25.3. The van der Waals surface area contributed by atoms with Crippen LogP contribution in [0.1, 0.15) is 34.6 Å². The molecule has 0 radical (unpaired) electrons. The molecular weight excluding hydrogens is 334 g/mol. The standard InChI is InChI=1S/C20H17NO5/c1-3-25-14-9-8-11(10-15(14)24-2)17-16-18(22)12-6-4-5-7-13(12)26-19(16)20(23)21-17/h4-10,17H,3H2,1-2H3,(H,21,23). The van der Waals surface area contributed by atoms with Gasteiger partial charge in [0.1, 0.15) is 5.58 Å². The van der Waals surface area contributed by atoms with Gasteiger partial charge in [-0.15, -0.1) is 0 Å². The van der Waals surface area contributed by atoms with Gasteiger partial charge in [-0.25, -0.2) is 0 Å². The van der Waals surface area contributed by atoms with E-state index in [0.717, 1.165) is 5.56 Å². The molecule has 1 atom stereocenters. The molecule has 2 heterocycles. The molecule has 6 heteroatoms. The number of fused-ring (bicyclic) bond motifs is 2. The largest absolute Gasteiger partial charge is 0.493 e. The van der Waals surface area contributed by atoms with Crippen molar-refractivity contribution >= 4 is 16.9 Å². The Morgan fingerprint density at radius 1 is 1.12 bits per heavy atom. The maximum absolute atomic E-state index is 13.0. The molecule has 3 aromatic rings. The number of nitrogens with one attached hydrogen (secondary N) is 1. The predicted octanol–water partition coefficient (Wildman–Crippen LogP) is 3.03. The number of hydrogen-bond acceptors (Lipinski definition) is 5. The van der Waals surface area contributed by atoms with Crippen LogP contribution in [0.5, 0.6) is 11.5 Å². The highest BCUT2D eigenvalue weighted by atomic mass is 16.5. The van der Waals surface area contributed by atoms with E-state index in [1.54, 1.807) is 43.5 Å². The van der Waals surface area contributed by atoms with Crippen LogP contribution in [-0.2, 0) is 0 Å². The SMILES string of the molecule is CCOc1ccc(C2NC(=O)c3oc4ccccc4c(=O)c32)cc1OC. The number of amides is 1. The monoisotopic (exact) mass is 351 g/mol. The van der Waals surface area contributed by atoms with Gasteiger partial charge in [0, 0.05) is 0 Å². The second-order valence-corrected chi connectivity index (χ2v) is 5.92. The minimum Gasteiger partial charge on any atom is -0.493 e. The maximum atomic E-state index is 13.0. The Bertz CT molecular complexity index is 1070. The van der Waals surface area contributed by atoms with Crippen molar-refractivity contribution in [2.75, 3.05) is 13.7 Å². The van der Waals surface area contributed by atoms with Crippen LogP contribution in [0, 0.1) is 0 Å². The van der Waals surface area contributed by atoms with E-state index in [9.17, 15) is 9.59 Å². The first-order valence-electron chi connectivity index (χ1n) is 8.31. The smallest absolute Gasteiger partial charge is 0.288 e. The van der Waals surface area contributed by atoms with Crippen LogP contribution in [-0.4, -0.2) is 19.6 Å². The van der Waals surface area contributed by atoms with E-state index in [4.69, 9.17) is 13.9 Å². The number of carbonyl (C=O) groups is 1. The van der Waals surface area contributed by atoms with Crippen molar-refractivity contribution in [3.63, 3.8) is 0 Å². The highest BCUT2D eigenvalue weighted by Crippen LogP contribution is 2.35. The number of hydrogen-bond donors (Lipinski definition) is 1. The molecule has 1 aliphatic heterocycles. The van der Waals surface area contributed by atoms with Crippen LogP contribution < -0.4 is 20.2 Å². The van der Waals surface area contributed by atoms with Crippen molar-refractivity contribution in [3.05, 3.63) is 69.6 Å². The Balaban J connectivity index is 1.88. The molecule has 1 amide bonds. The van der Waals surface area contributed by atoms with E-state index in [1.165, 1.54) is 0 Å². The summed E-state index contributed by atoms with van der Waals surface area (Å²) in [7, 11) is 1.55. The van der Waals surface area contributed by atoms with Crippen LogP contribution in [0.2, 0.25) is 0 Å². The zero-order valence-electron chi connectivity index (χ0n) is 14.4. The fraction of sp³-hybridized carbons (Fsp3) is 0.200. The summed E-state index contributed by atoms with van der Waals surface area (Å²) < 4.78 is 16.6. The Morgan fingerprint density at radius 3 is 2.69 bits per heavy atom. The zero-order chi connectivity index (χ0) is 18.3. The first kappa shape index (κ1) is 16.2. The van der Waals surface area contributed by atoms with E-state index in [-0.39, 0.29) is 11.2 Å². The molecule has 26 heavy (non-hydrogen) atoms. The minimum atomic E-state index is -0.595. The minimum absolute atomic E-state index is 0.0616. The van der Waals surface area contributed by atoms with Gasteiger partial charge >= 0.3 is 0 Å². The lowest BCUT2D eigenvalue weighted by Gasteiger charge is -2.15. The van der Waals surface area contributed by atoms with E-state index in [1.807, 2.05) is 13.0 Å². The van der Waals surface area contributed by atoms with Gasteiger partial charge in [0.05, 0.1) is 30.7 Å². The first-order chi connectivity index (χ1) is 12.6. The molecule has 1 aliphatic rings. The normalized spacial score (nSPS) is 15.6. The van der Waals surface area contributed by atoms with Gasteiger partial charge in [0.25, 0.3) is 5.91 Å². The third kappa shape index (κ3) is 2.42. The van der Waals surface area contributed by atoms with E-state index in [2.05, 4.69) is 5.32 Å². The van der Waals surface area contributed by atoms with Gasteiger partial charge in [-0.3, -0.25) is 9.59 Å². The third-order valence-electron chi connectivity index (χ3n) is 4.42. The zero-order valence-corrected chi connectivity index (χ0v) is 14.4. The number of para-hydroxylation sites is 1. The highest BCUT2D eigenvalue weighted by molar-refractivity contribution is 5.98. The van der Waals surface area contributed by atoms with E-state index in [0.29, 0.717) is 34.6 Å².